The average Bonchev–Trinajstić information content (AvgIpc) is 3.00. The molecule has 4 nitrogen and oxygen atoms in total. The lowest BCUT2D eigenvalue weighted by Gasteiger charge is -2.19. The molecule has 1 unspecified atom stereocenters. The molecular formula is C20H24N3OS2+. The van der Waals surface area contributed by atoms with Crippen molar-refractivity contribution in [3.05, 3.63) is 51.1 Å². The zero-order valence-electron chi connectivity index (χ0n) is 15.2. The highest BCUT2D eigenvalue weighted by Gasteiger charge is 2.26. The van der Waals surface area contributed by atoms with Gasteiger partial charge >= 0.3 is 0 Å². The van der Waals surface area contributed by atoms with E-state index in [0.29, 0.717) is 0 Å². The lowest BCUT2D eigenvalue weighted by molar-refractivity contribution is -0.895. The zero-order valence-corrected chi connectivity index (χ0v) is 16.9. The number of hydrogen-bond acceptors (Lipinski definition) is 4. The van der Waals surface area contributed by atoms with E-state index in [1.807, 2.05) is 34.9 Å². The largest absolute Gasteiger partial charge is 0.333 e. The lowest BCUT2D eigenvalue weighted by atomic mass is 10.1. The average molecular weight is 387 g/mol. The molecule has 3 heterocycles. The van der Waals surface area contributed by atoms with Crippen molar-refractivity contribution in [1.82, 2.24) is 9.55 Å². The van der Waals surface area contributed by atoms with E-state index in [4.69, 9.17) is 4.98 Å². The molecule has 0 saturated heterocycles. The van der Waals surface area contributed by atoms with Crippen LogP contribution >= 0.6 is 23.1 Å². The fraction of sp³-hybridized carbons (Fsp3) is 0.400. The van der Waals surface area contributed by atoms with Crippen LogP contribution in [0.4, 0.5) is 0 Å². The van der Waals surface area contributed by atoms with E-state index < -0.39 is 0 Å². The van der Waals surface area contributed by atoms with Crippen LogP contribution < -0.4 is 10.5 Å². The Labute approximate surface area is 161 Å². The summed E-state index contributed by atoms with van der Waals surface area (Å²) < 4.78 is 1.82. The molecule has 0 spiro atoms. The van der Waals surface area contributed by atoms with E-state index in [9.17, 15) is 4.79 Å². The molecule has 0 amide bonds. The molecule has 0 aliphatic carbocycles. The molecule has 1 N–H and O–H groups in total. The molecular weight excluding hydrogens is 362 g/mol. The molecule has 1 aliphatic heterocycles. The summed E-state index contributed by atoms with van der Waals surface area (Å²) in [5, 5.41) is 1.67. The summed E-state index contributed by atoms with van der Waals surface area (Å²) in [6.45, 7) is 4.27. The number of benzene rings is 1. The molecule has 0 bridgehead atoms. The Morgan fingerprint density at radius 2 is 2.12 bits per heavy atom. The number of unbranched alkanes of at least 4 members (excludes halogenated alkanes) is 1. The minimum absolute atomic E-state index is 0.0947. The molecule has 0 fully saturated rings. The van der Waals surface area contributed by atoms with Crippen molar-refractivity contribution in [2.45, 2.75) is 37.9 Å². The van der Waals surface area contributed by atoms with Gasteiger partial charge in [-0.05, 0) is 24.1 Å². The predicted molar refractivity (Wildman–Crippen MR) is 110 cm³/mol. The first kappa shape index (κ1) is 17.8. The molecule has 2 aromatic heterocycles. The Morgan fingerprint density at radius 1 is 1.31 bits per heavy atom. The third kappa shape index (κ3) is 3.21. The maximum absolute atomic E-state index is 13.5. The first-order valence-electron chi connectivity index (χ1n) is 9.26. The van der Waals surface area contributed by atoms with E-state index in [-0.39, 0.29) is 5.56 Å². The first-order chi connectivity index (χ1) is 12.7. The van der Waals surface area contributed by atoms with Crippen LogP contribution in [0.2, 0.25) is 0 Å². The van der Waals surface area contributed by atoms with Gasteiger partial charge in [0.1, 0.15) is 11.4 Å². The molecule has 26 heavy (non-hydrogen) atoms. The summed E-state index contributed by atoms with van der Waals surface area (Å²) >= 11 is 3.41. The maximum Gasteiger partial charge on any atom is 0.267 e. The van der Waals surface area contributed by atoms with Crippen LogP contribution in [0, 0.1) is 0 Å². The van der Waals surface area contributed by atoms with E-state index in [0.717, 1.165) is 59.2 Å². The summed E-state index contributed by atoms with van der Waals surface area (Å²) in [5.41, 5.74) is 2.24. The molecule has 1 aromatic carbocycles. The third-order valence-electron chi connectivity index (χ3n) is 4.89. The molecule has 1 aliphatic rings. The Kier molecular flexibility index (Phi) is 5.16. The molecule has 6 heteroatoms. The number of nitrogens with one attached hydrogen (secondary N) is 1. The normalized spacial score (nSPS) is 16.8. The number of quaternary nitrogens is 1. The third-order valence-corrected chi connectivity index (χ3v) is 7.04. The molecule has 136 valence electrons. The summed E-state index contributed by atoms with van der Waals surface area (Å²) in [4.78, 5) is 22.2. The summed E-state index contributed by atoms with van der Waals surface area (Å²) in [5.74, 6) is 0.985. The number of nitrogens with zero attached hydrogens (tertiary/aromatic N) is 2. The van der Waals surface area contributed by atoms with Crippen molar-refractivity contribution in [3.63, 3.8) is 0 Å². The quantitative estimate of drug-likeness (QED) is 0.416. The highest BCUT2D eigenvalue weighted by Crippen LogP contribution is 2.31. The monoisotopic (exact) mass is 386 g/mol. The Hall–Kier alpha value is -1.63. The minimum atomic E-state index is 0.0947. The fourth-order valence-electron chi connectivity index (χ4n) is 3.45. The molecule has 0 saturated carbocycles. The van der Waals surface area contributed by atoms with Gasteiger partial charge in [-0.2, -0.15) is 0 Å². The Balaban J connectivity index is 1.92. The summed E-state index contributed by atoms with van der Waals surface area (Å²) in [6, 6.07) is 9.93. The Bertz CT molecular complexity index is 978. The van der Waals surface area contributed by atoms with Crippen LogP contribution in [-0.4, -0.2) is 28.9 Å². The number of thiophene rings is 1. The van der Waals surface area contributed by atoms with Gasteiger partial charge in [0.15, 0.2) is 5.16 Å². The summed E-state index contributed by atoms with van der Waals surface area (Å²) in [7, 11) is 2.22. The van der Waals surface area contributed by atoms with Gasteiger partial charge in [0.2, 0.25) is 0 Å². The van der Waals surface area contributed by atoms with Crippen molar-refractivity contribution in [3.8, 4) is 5.69 Å². The van der Waals surface area contributed by atoms with Crippen molar-refractivity contribution in [1.29, 1.82) is 0 Å². The molecule has 4 rings (SSSR count). The highest BCUT2D eigenvalue weighted by molar-refractivity contribution is 7.99. The van der Waals surface area contributed by atoms with Gasteiger partial charge in [-0.3, -0.25) is 9.36 Å². The minimum Gasteiger partial charge on any atom is -0.333 e. The van der Waals surface area contributed by atoms with Crippen LogP contribution in [-0.2, 0) is 13.0 Å². The molecule has 0 radical (unpaired) electrons. The van der Waals surface area contributed by atoms with Gasteiger partial charge in [0.05, 0.1) is 29.5 Å². The molecule has 3 aromatic rings. The van der Waals surface area contributed by atoms with Crippen LogP contribution in [0.3, 0.4) is 0 Å². The van der Waals surface area contributed by atoms with Crippen LogP contribution in [0.5, 0.6) is 0 Å². The number of likely N-dealkylation sites (N-methyl/N-ethyl adjacent to an activating group) is 1. The zero-order chi connectivity index (χ0) is 18.1. The maximum atomic E-state index is 13.5. The van der Waals surface area contributed by atoms with Crippen molar-refractivity contribution < 1.29 is 4.90 Å². The number of fused-ring (bicyclic) bond motifs is 3. The summed E-state index contributed by atoms with van der Waals surface area (Å²) in [6.07, 6.45) is 3.24. The lowest BCUT2D eigenvalue weighted by Crippen LogP contribution is -3.08. The fourth-order valence-corrected chi connectivity index (χ4v) is 5.92. The number of aromatic nitrogens is 2. The van der Waals surface area contributed by atoms with Crippen LogP contribution in [0.1, 0.15) is 30.2 Å². The Morgan fingerprint density at radius 3 is 2.88 bits per heavy atom. The second-order valence-electron chi connectivity index (χ2n) is 6.89. The number of para-hydroxylation sites is 1. The number of thioether (sulfide) groups is 1. The van der Waals surface area contributed by atoms with E-state index in [1.165, 1.54) is 15.3 Å². The van der Waals surface area contributed by atoms with Gasteiger partial charge in [0, 0.05) is 12.2 Å². The van der Waals surface area contributed by atoms with Crippen molar-refractivity contribution in [2.75, 3.05) is 19.3 Å². The smallest absolute Gasteiger partial charge is 0.267 e. The second kappa shape index (κ2) is 7.55. The van der Waals surface area contributed by atoms with E-state index in [1.54, 1.807) is 23.1 Å². The van der Waals surface area contributed by atoms with E-state index >= 15 is 0 Å². The molecule has 1 atom stereocenters. The van der Waals surface area contributed by atoms with Gasteiger partial charge < -0.3 is 4.90 Å². The van der Waals surface area contributed by atoms with Gasteiger partial charge in [0.25, 0.3) is 5.56 Å². The highest BCUT2D eigenvalue weighted by atomic mass is 32.2. The SMILES string of the molecule is CCCCSc1nc2sc3c(c2c(=O)n1-c1ccccc1)CC[NH+](C)C3. The van der Waals surface area contributed by atoms with Crippen LogP contribution in [0.25, 0.3) is 15.9 Å². The second-order valence-corrected chi connectivity index (χ2v) is 9.04. The number of hydrogen-bond donors (Lipinski definition) is 1. The van der Waals surface area contributed by atoms with Crippen molar-refractivity contribution in [2.24, 2.45) is 0 Å². The van der Waals surface area contributed by atoms with E-state index in [2.05, 4.69) is 14.0 Å². The topological polar surface area (TPSA) is 39.3 Å². The number of rotatable bonds is 5. The van der Waals surface area contributed by atoms with Crippen LogP contribution in [0.15, 0.2) is 40.3 Å². The van der Waals surface area contributed by atoms with Gasteiger partial charge in [-0.15, -0.1) is 11.3 Å². The van der Waals surface area contributed by atoms with Gasteiger partial charge in [-0.25, -0.2) is 4.98 Å². The first-order valence-corrected chi connectivity index (χ1v) is 11.1. The standard InChI is InChI=1S/C20H23N3OS2/c1-3-4-12-25-20-21-18-17(15-10-11-22(2)13-16(15)26-18)19(24)23(20)14-8-6-5-7-9-14/h5-9H,3-4,10-13H2,1-2H3/p+1. The predicted octanol–water partition coefficient (Wildman–Crippen LogP) is 2.91. The van der Waals surface area contributed by atoms with Crippen molar-refractivity contribution >= 4 is 33.3 Å². The van der Waals surface area contributed by atoms with Gasteiger partial charge in [-0.1, -0.05) is 43.3 Å².